The van der Waals surface area contributed by atoms with Gasteiger partial charge in [0.1, 0.15) is 0 Å². The molecular weight excluding hydrogens is 180 g/mol. The third-order valence-corrected chi connectivity index (χ3v) is 1.89. The Bertz CT molecular complexity index is 313. The molecule has 4 heteroatoms. The van der Waals surface area contributed by atoms with Crippen molar-refractivity contribution in [3.05, 3.63) is 29.8 Å². The second-order valence-corrected chi connectivity index (χ2v) is 3.02. The minimum Gasteiger partial charge on any atom is -0.481 e. The monoisotopic (exact) mass is 194 g/mol. The lowest BCUT2D eigenvalue weighted by atomic mass is 10.2. The van der Waals surface area contributed by atoms with Gasteiger partial charge in [-0.25, -0.2) is 0 Å². The molecule has 0 aliphatic heterocycles. The number of hydrogen-bond acceptors (Lipinski definition) is 3. The van der Waals surface area contributed by atoms with Crippen LogP contribution in [0.4, 0.5) is 5.69 Å². The summed E-state index contributed by atoms with van der Waals surface area (Å²) in [5.74, 6) is -0.793. The van der Waals surface area contributed by atoms with Crippen molar-refractivity contribution in [1.82, 2.24) is 5.32 Å². The van der Waals surface area contributed by atoms with Crippen molar-refractivity contribution in [3.8, 4) is 0 Å². The van der Waals surface area contributed by atoms with Gasteiger partial charge in [-0.3, -0.25) is 4.79 Å². The van der Waals surface area contributed by atoms with Gasteiger partial charge in [0, 0.05) is 18.8 Å². The Kier molecular flexibility index (Phi) is 3.94. The van der Waals surface area contributed by atoms with Gasteiger partial charge in [0.05, 0.1) is 6.42 Å². The standard InChI is InChI=1S/C10H14N2O2/c11-9-4-2-1-3-8(9)7-12-6-5-10(13)14/h1-4,12H,5-7,11H2,(H,13,14). The highest BCUT2D eigenvalue weighted by Gasteiger charge is 1.98. The number of hydrogen-bond donors (Lipinski definition) is 3. The van der Waals surface area contributed by atoms with E-state index in [1.54, 1.807) is 0 Å². The summed E-state index contributed by atoms with van der Waals surface area (Å²) in [6, 6.07) is 7.53. The van der Waals surface area contributed by atoms with Gasteiger partial charge >= 0.3 is 5.97 Å². The van der Waals surface area contributed by atoms with Gasteiger partial charge in [0.2, 0.25) is 0 Å². The molecule has 1 rings (SSSR count). The number of benzene rings is 1. The van der Waals surface area contributed by atoms with E-state index < -0.39 is 5.97 Å². The average molecular weight is 194 g/mol. The molecule has 76 valence electrons. The number of nitrogens with one attached hydrogen (secondary N) is 1. The Morgan fingerprint density at radius 3 is 2.79 bits per heavy atom. The maximum Gasteiger partial charge on any atom is 0.304 e. The van der Waals surface area contributed by atoms with E-state index in [4.69, 9.17) is 10.8 Å². The molecular formula is C10H14N2O2. The van der Waals surface area contributed by atoms with Gasteiger partial charge in [-0.2, -0.15) is 0 Å². The van der Waals surface area contributed by atoms with E-state index in [-0.39, 0.29) is 6.42 Å². The topological polar surface area (TPSA) is 75.3 Å². The first kappa shape index (κ1) is 10.5. The number of anilines is 1. The van der Waals surface area contributed by atoms with E-state index in [9.17, 15) is 4.79 Å². The Balaban J connectivity index is 2.31. The maximum absolute atomic E-state index is 10.2. The molecule has 0 atom stereocenters. The lowest BCUT2D eigenvalue weighted by molar-refractivity contribution is -0.136. The largest absolute Gasteiger partial charge is 0.481 e. The van der Waals surface area contributed by atoms with Crippen molar-refractivity contribution >= 4 is 11.7 Å². The number of nitrogens with two attached hydrogens (primary N) is 1. The quantitative estimate of drug-likeness (QED) is 0.479. The van der Waals surface area contributed by atoms with Crippen LogP contribution in [0.25, 0.3) is 0 Å². The van der Waals surface area contributed by atoms with Gasteiger partial charge in [-0.1, -0.05) is 18.2 Å². The van der Waals surface area contributed by atoms with Crippen molar-refractivity contribution in [2.75, 3.05) is 12.3 Å². The number of aliphatic carboxylic acids is 1. The van der Waals surface area contributed by atoms with Crippen LogP contribution in [-0.4, -0.2) is 17.6 Å². The van der Waals surface area contributed by atoms with Gasteiger partial charge < -0.3 is 16.2 Å². The molecule has 1 aromatic carbocycles. The molecule has 0 aliphatic rings. The number of para-hydroxylation sites is 1. The maximum atomic E-state index is 10.2. The van der Waals surface area contributed by atoms with E-state index in [1.807, 2.05) is 24.3 Å². The highest BCUT2D eigenvalue weighted by molar-refractivity contribution is 5.66. The second-order valence-electron chi connectivity index (χ2n) is 3.02. The fourth-order valence-corrected chi connectivity index (χ4v) is 1.11. The second kappa shape index (κ2) is 5.24. The fraction of sp³-hybridized carbons (Fsp3) is 0.300. The Labute approximate surface area is 82.7 Å². The molecule has 0 fully saturated rings. The summed E-state index contributed by atoms with van der Waals surface area (Å²) in [6.07, 6.45) is 0.132. The summed E-state index contributed by atoms with van der Waals surface area (Å²) in [7, 11) is 0. The smallest absolute Gasteiger partial charge is 0.304 e. The van der Waals surface area contributed by atoms with Gasteiger partial charge in [0.15, 0.2) is 0 Å². The molecule has 0 aromatic heterocycles. The number of rotatable bonds is 5. The average Bonchev–Trinajstić information content (AvgIpc) is 2.15. The zero-order valence-corrected chi connectivity index (χ0v) is 7.86. The van der Waals surface area contributed by atoms with Crippen LogP contribution < -0.4 is 11.1 Å². The highest BCUT2D eigenvalue weighted by atomic mass is 16.4. The van der Waals surface area contributed by atoms with Crippen LogP contribution in [0.5, 0.6) is 0 Å². The van der Waals surface area contributed by atoms with E-state index in [1.165, 1.54) is 0 Å². The van der Waals surface area contributed by atoms with Crippen molar-refractivity contribution in [2.24, 2.45) is 0 Å². The zero-order chi connectivity index (χ0) is 10.4. The van der Waals surface area contributed by atoms with Crippen LogP contribution >= 0.6 is 0 Å². The van der Waals surface area contributed by atoms with Crippen LogP contribution in [0.2, 0.25) is 0 Å². The molecule has 0 radical (unpaired) electrons. The Hall–Kier alpha value is -1.55. The first-order valence-corrected chi connectivity index (χ1v) is 4.46. The lowest BCUT2D eigenvalue weighted by Crippen LogP contribution is -2.18. The van der Waals surface area contributed by atoms with E-state index in [0.29, 0.717) is 13.1 Å². The van der Waals surface area contributed by atoms with Crippen LogP contribution in [-0.2, 0) is 11.3 Å². The first-order chi connectivity index (χ1) is 6.70. The SMILES string of the molecule is Nc1ccccc1CNCCC(=O)O. The van der Waals surface area contributed by atoms with Crippen LogP contribution in [0, 0.1) is 0 Å². The summed E-state index contributed by atoms with van der Waals surface area (Å²) < 4.78 is 0. The first-order valence-electron chi connectivity index (χ1n) is 4.46. The highest BCUT2D eigenvalue weighted by Crippen LogP contribution is 2.09. The molecule has 0 heterocycles. The normalized spacial score (nSPS) is 10.0. The fourth-order valence-electron chi connectivity index (χ4n) is 1.11. The predicted molar refractivity (Wildman–Crippen MR) is 54.8 cm³/mol. The van der Waals surface area contributed by atoms with Crippen molar-refractivity contribution in [3.63, 3.8) is 0 Å². The Morgan fingerprint density at radius 1 is 1.43 bits per heavy atom. The number of carboxylic acids is 1. The Morgan fingerprint density at radius 2 is 2.14 bits per heavy atom. The molecule has 0 amide bonds. The number of carboxylic acid groups (broad SMARTS) is 1. The molecule has 0 aliphatic carbocycles. The molecule has 4 nitrogen and oxygen atoms in total. The summed E-state index contributed by atoms with van der Waals surface area (Å²) in [5, 5.41) is 11.4. The summed E-state index contributed by atoms with van der Waals surface area (Å²) >= 11 is 0. The van der Waals surface area contributed by atoms with Crippen molar-refractivity contribution in [1.29, 1.82) is 0 Å². The zero-order valence-electron chi connectivity index (χ0n) is 7.86. The molecule has 1 aromatic rings. The molecule has 4 N–H and O–H groups in total. The molecule has 0 bridgehead atoms. The molecule has 0 unspecified atom stereocenters. The van der Waals surface area contributed by atoms with Gasteiger partial charge in [0.25, 0.3) is 0 Å². The number of nitrogen functional groups attached to an aromatic ring is 1. The van der Waals surface area contributed by atoms with Crippen LogP contribution in [0.15, 0.2) is 24.3 Å². The summed E-state index contributed by atoms with van der Waals surface area (Å²) in [4.78, 5) is 10.2. The van der Waals surface area contributed by atoms with Crippen molar-refractivity contribution < 1.29 is 9.90 Å². The molecule has 0 spiro atoms. The van der Waals surface area contributed by atoms with E-state index in [0.717, 1.165) is 11.3 Å². The number of carbonyl (C=O) groups is 1. The summed E-state index contributed by atoms with van der Waals surface area (Å²) in [6.45, 7) is 1.07. The van der Waals surface area contributed by atoms with Gasteiger partial charge in [-0.15, -0.1) is 0 Å². The third-order valence-electron chi connectivity index (χ3n) is 1.89. The molecule has 0 saturated heterocycles. The van der Waals surface area contributed by atoms with Crippen LogP contribution in [0.1, 0.15) is 12.0 Å². The van der Waals surface area contributed by atoms with E-state index in [2.05, 4.69) is 5.32 Å². The molecule has 0 saturated carbocycles. The third kappa shape index (κ3) is 3.45. The molecule has 14 heavy (non-hydrogen) atoms. The van der Waals surface area contributed by atoms with E-state index >= 15 is 0 Å². The predicted octanol–water partition coefficient (Wildman–Crippen LogP) is 0.833. The minimum atomic E-state index is -0.793. The van der Waals surface area contributed by atoms with Crippen LogP contribution in [0.3, 0.4) is 0 Å². The van der Waals surface area contributed by atoms with Crippen molar-refractivity contribution in [2.45, 2.75) is 13.0 Å². The van der Waals surface area contributed by atoms with Gasteiger partial charge in [-0.05, 0) is 11.6 Å². The lowest BCUT2D eigenvalue weighted by Gasteiger charge is -2.05. The minimum absolute atomic E-state index is 0.132. The summed E-state index contributed by atoms with van der Waals surface area (Å²) in [5.41, 5.74) is 7.44.